The zero-order chi connectivity index (χ0) is 18.4. The summed E-state index contributed by atoms with van der Waals surface area (Å²) in [6.07, 6.45) is 0.824. The molecule has 3 rings (SSSR count). The molecule has 1 amide bonds. The summed E-state index contributed by atoms with van der Waals surface area (Å²) in [6.45, 7) is 6.38. The molecule has 1 aliphatic carbocycles. The van der Waals surface area contributed by atoms with Gasteiger partial charge in [-0.05, 0) is 49.8 Å². The van der Waals surface area contributed by atoms with E-state index >= 15 is 0 Å². The van der Waals surface area contributed by atoms with Crippen LogP contribution in [0.25, 0.3) is 11.5 Å². The van der Waals surface area contributed by atoms with Crippen LogP contribution in [0.1, 0.15) is 37.6 Å². The number of aromatic amines is 1. The van der Waals surface area contributed by atoms with Gasteiger partial charge in [-0.25, -0.2) is 5.10 Å². The Morgan fingerprint density at radius 3 is 2.48 bits per heavy atom. The Morgan fingerprint density at radius 1 is 1.36 bits per heavy atom. The fourth-order valence-corrected chi connectivity index (χ4v) is 3.65. The molecular weight excluding hydrogens is 338 g/mol. The van der Waals surface area contributed by atoms with Crippen molar-refractivity contribution >= 4 is 18.1 Å². The summed E-state index contributed by atoms with van der Waals surface area (Å²) in [7, 11) is 3.58. The number of methoxy groups -OCH3 is 1. The van der Waals surface area contributed by atoms with Crippen molar-refractivity contribution in [1.82, 2.24) is 15.1 Å². The Hall–Kier alpha value is -1.99. The number of nitrogens with one attached hydrogen (secondary N) is 1. The highest BCUT2D eigenvalue weighted by Crippen LogP contribution is 2.53. The van der Waals surface area contributed by atoms with Crippen molar-refractivity contribution in [3.63, 3.8) is 0 Å². The predicted octanol–water partition coefficient (Wildman–Crippen LogP) is 3.67. The molecule has 2 atom stereocenters. The highest BCUT2D eigenvalue weighted by Gasteiger charge is 2.59. The van der Waals surface area contributed by atoms with Crippen molar-refractivity contribution in [2.75, 3.05) is 14.2 Å². The van der Waals surface area contributed by atoms with Crippen LogP contribution in [0.2, 0.25) is 0 Å². The van der Waals surface area contributed by atoms with Crippen LogP contribution in [0.4, 0.5) is 0 Å². The van der Waals surface area contributed by atoms with Gasteiger partial charge in [-0.3, -0.25) is 4.79 Å². The van der Waals surface area contributed by atoms with Crippen molar-refractivity contribution in [3.8, 4) is 11.5 Å². The number of ether oxygens (including phenoxy) is 1. The van der Waals surface area contributed by atoms with Crippen LogP contribution in [0.3, 0.4) is 0 Å². The molecule has 0 spiro atoms. The van der Waals surface area contributed by atoms with Gasteiger partial charge in [-0.15, -0.1) is 5.10 Å². The summed E-state index contributed by atoms with van der Waals surface area (Å²) in [5.41, 5.74) is 1.07. The highest BCUT2D eigenvalue weighted by atomic mass is 32.1. The van der Waals surface area contributed by atoms with Crippen LogP contribution >= 0.6 is 12.2 Å². The monoisotopic (exact) mass is 361 g/mol. The average Bonchev–Trinajstić information content (AvgIpc) is 3.04. The number of hydrogen-bond acceptors (Lipinski definition) is 5. The van der Waals surface area contributed by atoms with Gasteiger partial charge in [-0.1, -0.05) is 13.8 Å². The molecule has 0 aliphatic heterocycles. The van der Waals surface area contributed by atoms with Crippen molar-refractivity contribution in [2.45, 2.75) is 38.8 Å². The van der Waals surface area contributed by atoms with Crippen molar-refractivity contribution in [2.24, 2.45) is 5.41 Å². The van der Waals surface area contributed by atoms with Gasteiger partial charge < -0.3 is 14.1 Å². The smallest absolute Gasteiger partial charge is 0.284 e. The number of rotatable bonds is 4. The second-order valence-corrected chi connectivity index (χ2v) is 7.66. The number of hydrogen-bond donors (Lipinski definition) is 1. The molecule has 1 fully saturated rings. The van der Waals surface area contributed by atoms with Crippen LogP contribution in [0, 0.1) is 10.3 Å². The van der Waals surface area contributed by atoms with Gasteiger partial charge in [0.05, 0.1) is 5.60 Å². The number of aromatic nitrogens is 2. The quantitative estimate of drug-likeness (QED) is 0.841. The predicted molar refractivity (Wildman–Crippen MR) is 96.8 cm³/mol. The normalized spacial score (nSPS) is 24.6. The first-order valence-electron chi connectivity index (χ1n) is 8.18. The summed E-state index contributed by atoms with van der Waals surface area (Å²) in [5.74, 6) is 0.402. The lowest BCUT2D eigenvalue weighted by Crippen LogP contribution is -2.68. The molecule has 1 aliphatic rings. The molecule has 1 N–H and O–H groups in total. The minimum absolute atomic E-state index is 0.00861. The standard InChI is InChI=1S/C18H23N3O3S/c1-17(2)13(10-18(17,3)23-5)21(4)15(22)12-8-6-11(7-9-12)14-19-20-16(25)24-14/h6-9,13H,10H2,1-5H3,(H,20,25)/t13-,18-/m1/s1. The molecule has 1 aromatic heterocycles. The largest absolute Gasteiger partial charge is 0.409 e. The van der Waals surface area contributed by atoms with Gasteiger partial charge in [0.25, 0.3) is 10.7 Å². The van der Waals surface area contributed by atoms with E-state index in [-0.39, 0.29) is 27.8 Å². The third-order valence-electron chi connectivity index (χ3n) is 5.83. The molecule has 25 heavy (non-hydrogen) atoms. The van der Waals surface area contributed by atoms with Gasteiger partial charge in [-0.2, -0.15) is 0 Å². The molecule has 0 bridgehead atoms. The lowest BCUT2D eigenvalue weighted by Gasteiger charge is -2.61. The third-order valence-corrected chi connectivity index (χ3v) is 6.01. The molecule has 6 nitrogen and oxygen atoms in total. The van der Waals surface area contributed by atoms with E-state index in [9.17, 15) is 4.79 Å². The van der Waals surface area contributed by atoms with E-state index in [0.717, 1.165) is 12.0 Å². The molecule has 134 valence electrons. The average molecular weight is 361 g/mol. The van der Waals surface area contributed by atoms with E-state index < -0.39 is 0 Å². The molecule has 2 aromatic rings. The fourth-order valence-electron chi connectivity index (χ4n) is 3.53. The summed E-state index contributed by atoms with van der Waals surface area (Å²) in [5, 5.41) is 6.57. The molecule has 0 saturated heterocycles. The van der Waals surface area contributed by atoms with E-state index in [4.69, 9.17) is 21.4 Å². The first-order valence-corrected chi connectivity index (χ1v) is 8.59. The number of amides is 1. The molecule has 1 aromatic carbocycles. The van der Waals surface area contributed by atoms with E-state index in [1.54, 1.807) is 31.4 Å². The molecular formula is C18H23N3O3S. The van der Waals surface area contributed by atoms with Crippen LogP contribution in [0.5, 0.6) is 0 Å². The van der Waals surface area contributed by atoms with Crippen molar-refractivity contribution in [1.29, 1.82) is 0 Å². The summed E-state index contributed by atoms with van der Waals surface area (Å²) >= 11 is 4.88. The van der Waals surface area contributed by atoms with Crippen LogP contribution in [-0.4, -0.2) is 46.8 Å². The maximum Gasteiger partial charge on any atom is 0.284 e. The number of benzene rings is 1. The maximum absolute atomic E-state index is 12.8. The first kappa shape index (κ1) is 17.8. The minimum Gasteiger partial charge on any atom is -0.409 e. The van der Waals surface area contributed by atoms with Gasteiger partial charge >= 0.3 is 0 Å². The molecule has 1 saturated carbocycles. The van der Waals surface area contributed by atoms with E-state index in [2.05, 4.69) is 31.0 Å². The zero-order valence-corrected chi connectivity index (χ0v) is 15.9. The van der Waals surface area contributed by atoms with E-state index in [1.165, 1.54) is 0 Å². The lowest BCUT2D eigenvalue weighted by molar-refractivity contribution is -0.198. The number of carbonyl (C=O) groups is 1. The number of nitrogens with zero attached hydrogens (tertiary/aromatic N) is 2. The van der Waals surface area contributed by atoms with Gasteiger partial charge in [0.1, 0.15) is 0 Å². The summed E-state index contributed by atoms with van der Waals surface area (Å²) < 4.78 is 10.9. The van der Waals surface area contributed by atoms with E-state index in [1.807, 2.05) is 11.9 Å². The molecule has 0 radical (unpaired) electrons. The Balaban J connectivity index is 1.76. The number of carbonyl (C=O) groups excluding carboxylic acids is 1. The van der Waals surface area contributed by atoms with E-state index in [0.29, 0.717) is 11.5 Å². The van der Waals surface area contributed by atoms with Gasteiger partial charge in [0.15, 0.2) is 0 Å². The third kappa shape index (κ3) is 2.81. The molecule has 0 unspecified atom stereocenters. The molecule has 7 heteroatoms. The fraction of sp³-hybridized carbons (Fsp3) is 0.500. The molecule has 1 heterocycles. The first-order chi connectivity index (χ1) is 11.7. The van der Waals surface area contributed by atoms with Crippen LogP contribution < -0.4 is 0 Å². The minimum atomic E-state index is -0.209. The Morgan fingerprint density at radius 2 is 2.00 bits per heavy atom. The van der Waals surface area contributed by atoms with Crippen LogP contribution in [0.15, 0.2) is 28.7 Å². The zero-order valence-electron chi connectivity index (χ0n) is 15.1. The summed E-state index contributed by atoms with van der Waals surface area (Å²) in [6, 6.07) is 7.31. The number of H-pyrrole nitrogens is 1. The Kier molecular flexibility index (Phi) is 4.33. The SMILES string of the molecule is CO[C@]1(C)C[C@@H](N(C)C(=O)c2ccc(-c3n[nH]c(=S)o3)cc2)C1(C)C. The Bertz CT molecular complexity index is 840. The summed E-state index contributed by atoms with van der Waals surface area (Å²) in [4.78, 5) is 14.9. The van der Waals surface area contributed by atoms with Gasteiger partial charge in [0, 0.05) is 36.7 Å². The Labute approximate surface area is 152 Å². The highest BCUT2D eigenvalue weighted by molar-refractivity contribution is 7.71. The van der Waals surface area contributed by atoms with Gasteiger partial charge in [0.2, 0.25) is 5.89 Å². The van der Waals surface area contributed by atoms with Crippen molar-refractivity contribution in [3.05, 3.63) is 34.7 Å². The maximum atomic E-state index is 12.8. The van der Waals surface area contributed by atoms with Crippen LogP contribution in [-0.2, 0) is 4.74 Å². The topological polar surface area (TPSA) is 71.4 Å². The second-order valence-electron chi connectivity index (χ2n) is 7.29. The second kappa shape index (κ2) is 6.07. The lowest BCUT2D eigenvalue weighted by atomic mass is 9.55. The van der Waals surface area contributed by atoms with Crippen molar-refractivity contribution < 1.29 is 13.9 Å².